The van der Waals surface area contributed by atoms with Crippen molar-refractivity contribution in [2.75, 3.05) is 32.6 Å². The van der Waals surface area contributed by atoms with E-state index in [-0.39, 0.29) is 5.41 Å². The van der Waals surface area contributed by atoms with Crippen molar-refractivity contribution in [3.8, 4) is 5.75 Å². The molecular weight excluding hydrogens is 270 g/mol. The minimum absolute atomic E-state index is 0.164. The Morgan fingerprint density at radius 3 is 2.62 bits per heavy atom. The minimum Gasteiger partial charge on any atom is -0.508 e. The van der Waals surface area contributed by atoms with Crippen LogP contribution in [-0.4, -0.2) is 55.1 Å². The molecule has 0 spiro atoms. The van der Waals surface area contributed by atoms with Crippen molar-refractivity contribution in [3.05, 3.63) is 23.8 Å². The number of phenols is 1. The number of nitrogens with zero attached hydrogens (tertiary/aromatic N) is 2. The molecule has 2 atom stereocenters. The fourth-order valence-corrected chi connectivity index (χ4v) is 3.56. The van der Waals surface area contributed by atoms with Gasteiger partial charge in [0.1, 0.15) is 5.75 Å². The van der Waals surface area contributed by atoms with Gasteiger partial charge in [-0.15, -0.1) is 0 Å². The van der Waals surface area contributed by atoms with Gasteiger partial charge in [0, 0.05) is 31.7 Å². The van der Waals surface area contributed by atoms with Gasteiger partial charge in [-0.3, -0.25) is 4.90 Å². The highest BCUT2D eigenvalue weighted by atomic mass is 16.4. The van der Waals surface area contributed by atoms with Crippen LogP contribution < -0.4 is 10.2 Å². The number of nitrogens with one attached hydrogen (secondary N) is 1. The number of hydrogen-bond donors (Lipinski definition) is 3. The van der Waals surface area contributed by atoms with Crippen LogP contribution in [0.5, 0.6) is 5.75 Å². The van der Waals surface area contributed by atoms with Crippen molar-refractivity contribution in [1.82, 2.24) is 10.2 Å². The summed E-state index contributed by atoms with van der Waals surface area (Å²) in [5, 5.41) is 19.2. The van der Waals surface area contributed by atoms with Crippen LogP contribution in [0, 0.1) is 0 Å². The standard InChI is InChI=1S/C13H18N2O.C2H5NO2/c1-13-6-7-14(2)12(13)15(3)11-5-4-9(16)8-10(11)13;1-3-2(4)5/h4-5,8,12,16H,6-7H2,1-3H3;3H,1H3,(H,4,5)/t12-,13+;/m1./s1. The SMILES string of the molecule is CN1CC[C@@]2(C)c3cc(O)ccc3N(C)[C@@H]12.CNC(=O)O. The largest absolute Gasteiger partial charge is 0.508 e. The van der Waals surface area contributed by atoms with Gasteiger partial charge in [0.25, 0.3) is 0 Å². The molecule has 6 heteroatoms. The van der Waals surface area contributed by atoms with Crippen LogP contribution in [0.25, 0.3) is 0 Å². The fourth-order valence-electron chi connectivity index (χ4n) is 3.56. The molecule has 3 rings (SSSR count). The van der Waals surface area contributed by atoms with Gasteiger partial charge in [-0.05, 0) is 37.2 Å². The van der Waals surface area contributed by atoms with Gasteiger partial charge in [0.05, 0.1) is 6.17 Å². The highest BCUT2D eigenvalue weighted by molar-refractivity contribution is 5.66. The lowest BCUT2D eigenvalue weighted by molar-refractivity contribution is 0.197. The third kappa shape index (κ3) is 2.51. The zero-order valence-corrected chi connectivity index (χ0v) is 12.9. The van der Waals surface area contributed by atoms with Crippen LogP contribution in [0.1, 0.15) is 18.9 Å². The molecule has 1 saturated heterocycles. The van der Waals surface area contributed by atoms with Crippen molar-refractivity contribution in [2.24, 2.45) is 0 Å². The average molecular weight is 293 g/mol. The number of rotatable bonds is 0. The van der Waals surface area contributed by atoms with Crippen LogP contribution >= 0.6 is 0 Å². The van der Waals surface area contributed by atoms with Crippen LogP contribution in [-0.2, 0) is 5.41 Å². The maximum Gasteiger partial charge on any atom is 0.404 e. The Kier molecular flexibility index (Phi) is 4.00. The summed E-state index contributed by atoms with van der Waals surface area (Å²) in [6.45, 7) is 3.43. The average Bonchev–Trinajstić information content (AvgIpc) is 2.85. The number of carboxylic acid groups (broad SMARTS) is 1. The molecule has 0 radical (unpaired) electrons. The number of anilines is 1. The molecule has 2 heterocycles. The lowest BCUT2D eigenvalue weighted by atomic mass is 9.81. The van der Waals surface area contributed by atoms with Gasteiger partial charge in [-0.2, -0.15) is 0 Å². The Morgan fingerprint density at radius 2 is 2.05 bits per heavy atom. The molecular formula is C15H23N3O3. The summed E-state index contributed by atoms with van der Waals surface area (Å²) in [6.07, 6.45) is 0.601. The molecule has 1 fully saturated rings. The maximum absolute atomic E-state index is 9.65. The van der Waals surface area contributed by atoms with Crippen LogP contribution in [0.3, 0.4) is 0 Å². The quantitative estimate of drug-likeness (QED) is 0.678. The van der Waals surface area contributed by atoms with Gasteiger partial charge in [0.15, 0.2) is 0 Å². The molecule has 2 aliphatic rings. The molecule has 0 bridgehead atoms. The summed E-state index contributed by atoms with van der Waals surface area (Å²) in [5.74, 6) is 0.378. The lowest BCUT2D eigenvalue weighted by Gasteiger charge is -2.32. The van der Waals surface area contributed by atoms with Crippen molar-refractivity contribution in [3.63, 3.8) is 0 Å². The van der Waals surface area contributed by atoms with E-state index in [1.165, 1.54) is 18.3 Å². The number of carbonyl (C=O) groups is 1. The Bertz CT molecular complexity index is 549. The maximum atomic E-state index is 9.65. The smallest absolute Gasteiger partial charge is 0.404 e. The molecule has 2 aliphatic heterocycles. The summed E-state index contributed by atoms with van der Waals surface area (Å²) >= 11 is 0. The number of benzene rings is 1. The van der Waals surface area contributed by atoms with Crippen LogP contribution in [0.2, 0.25) is 0 Å². The van der Waals surface area contributed by atoms with E-state index in [4.69, 9.17) is 5.11 Å². The highest BCUT2D eigenvalue weighted by Crippen LogP contribution is 2.51. The monoisotopic (exact) mass is 293 g/mol. The van der Waals surface area contributed by atoms with E-state index < -0.39 is 6.09 Å². The predicted octanol–water partition coefficient (Wildman–Crippen LogP) is 1.65. The zero-order chi connectivity index (χ0) is 15.8. The van der Waals surface area contributed by atoms with E-state index in [2.05, 4.69) is 30.8 Å². The highest BCUT2D eigenvalue weighted by Gasteiger charge is 2.52. The molecule has 0 aliphatic carbocycles. The summed E-state index contributed by atoms with van der Waals surface area (Å²) in [6, 6.07) is 5.74. The third-order valence-corrected chi connectivity index (χ3v) is 4.53. The lowest BCUT2D eigenvalue weighted by Crippen LogP contribution is -2.45. The zero-order valence-electron chi connectivity index (χ0n) is 12.9. The van der Waals surface area contributed by atoms with Crippen LogP contribution in [0.15, 0.2) is 18.2 Å². The first-order valence-electron chi connectivity index (χ1n) is 6.98. The molecule has 1 amide bonds. The van der Waals surface area contributed by atoms with Gasteiger partial charge >= 0.3 is 6.09 Å². The minimum atomic E-state index is -0.995. The topological polar surface area (TPSA) is 76.0 Å². The number of likely N-dealkylation sites (N-methyl/N-ethyl adjacent to an activating group) is 2. The van der Waals surface area contributed by atoms with Gasteiger partial charge < -0.3 is 20.4 Å². The Morgan fingerprint density at radius 1 is 1.43 bits per heavy atom. The van der Waals surface area contributed by atoms with E-state index in [0.717, 1.165) is 13.0 Å². The number of aromatic hydroxyl groups is 1. The Labute approximate surface area is 125 Å². The number of fused-ring (bicyclic) bond motifs is 3. The van der Waals surface area contributed by atoms with Crippen molar-refractivity contribution >= 4 is 11.8 Å². The first-order valence-corrected chi connectivity index (χ1v) is 6.98. The third-order valence-electron chi connectivity index (χ3n) is 4.53. The van der Waals surface area contributed by atoms with E-state index >= 15 is 0 Å². The van der Waals surface area contributed by atoms with Crippen LogP contribution in [0.4, 0.5) is 10.5 Å². The number of hydrogen-bond acceptors (Lipinski definition) is 4. The molecule has 0 aromatic heterocycles. The molecule has 1 aromatic carbocycles. The number of phenolic OH excluding ortho intramolecular Hbond substituents is 1. The second kappa shape index (κ2) is 5.44. The molecule has 1 aromatic rings. The van der Waals surface area contributed by atoms with Gasteiger partial charge in [-0.25, -0.2) is 4.79 Å². The molecule has 6 nitrogen and oxygen atoms in total. The molecule has 116 valence electrons. The number of amides is 1. The van der Waals surface area contributed by atoms with E-state index in [0.29, 0.717) is 11.9 Å². The second-order valence-electron chi connectivity index (χ2n) is 5.89. The molecule has 21 heavy (non-hydrogen) atoms. The first kappa shape index (κ1) is 15.4. The van der Waals surface area contributed by atoms with E-state index in [1.807, 2.05) is 17.4 Å². The molecule has 0 saturated carbocycles. The Balaban J connectivity index is 0.000000282. The number of likely N-dealkylation sites (tertiary alicyclic amines) is 1. The fraction of sp³-hybridized carbons (Fsp3) is 0.533. The summed E-state index contributed by atoms with van der Waals surface area (Å²) in [7, 11) is 5.67. The van der Waals surface area contributed by atoms with Crippen molar-refractivity contribution in [2.45, 2.75) is 24.9 Å². The van der Waals surface area contributed by atoms with E-state index in [1.54, 1.807) is 6.07 Å². The van der Waals surface area contributed by atoms with Crippen molar-refractivity contribution in [1.29, 1.82) is 0 Å². The summed E-state index contributed by atoms with van der Waals surface area (Å²) in [5.41, 5.74) is 2.72. The first-order chi connectivity index (χ1) is 9.81. The Hall–Kier alpha value is -1.95. The van der Waals surface area contributed by atoms with Gasteiger partial charge in [-0.1, -0.05) is 6.92 Å². The van der Waals surface area contributed by atoms with Crippen molar-refractivity contribution < 1.29 is 15.0 Å². The molecule has 0 unspecified atom stereocenters. The normalized spacial score (nSPS) is 26.7. The second-order valence-corrected chi connectivity index (χ2v) is 5.89. The summed E-state index contributed by atoms with van der Waals surface area (Å²) < 4.78 is 0. The van der Waals surface area contributed by atoms with E-state index in [9.17, 15) is 9.90 Å². The molecule has 3 N–H and O–H groups in total. The van der Waals surface area contributed by atoms with Gasteiger partial charge in [0.2, 0.25) is 0 Å². The summed E-state index contributed by atoms with van der Waals surface area (Å²) in [4.78, 5) is 14.0. The predicted molar refractivity (Wildman–Crippen MR) is 82.0 cm³/mol.